The molecule has 0 rings (SSSR count). The molecule has 66 valence electrons. The second kappa shape index (κ2) is 4.18. The molecule has 0 radical (unpaired) electrons. The number of aliphatic hydroxyl groups is 1. The average molecular weight is 176 g/mol. The van der Waals surface area contributed by atoms with Gasteiger partial charge < -0.3 is 9.90 Å². The molecular formula is C8H17O2P. The van der Waals surface area contributed by atoms with Crippen molar-refractivity contribution in [3.05, 3.63) is 0 Å². The molecule has 0 aromatic carbocycles. The van der Waals surface area contributed by atoms with Gasteiger partial charge >= 0.3 is 0 Å². The highest BCUT2D eigenvalue weighted by Crippen LogP contribution is 2.43. The first-order valence-corrected chi connectivity index (χ1v) is 5.99. The lowest BCUT2D eigenvalue weighted by Gasteiger charge is -2.27. The van der Waals surface area contributed by atoms with E-state index in [2.05, 4.69) is 0 Å². The largest absolute Gasteiger partial charge is 0.386 e. The molecule has 1 unspecified atom stereocenters. The van der Waals surface area contributed by atoms with E-state index in [0.717, 1.165) is 0 Å². The SMILES string of the molecule is CC(=O)CCC(C)(O)P(C)C. The molecular weight excluding hydrogens is 159 g/mol. The molecule has 0 aromatic heterocycles. The summed E-state index contributed by atoms with van der Waals surface area (Å²) in [6.45, 7) is 7.41. The smallest absolute Gasteiger partial charge is 0.129 e. The molecule has 3 heteroatoms. The summed E-state index contributed by atoms with van der Waals surface area (Å²) in [5.41, 5.74) is 0. The number of rotatable bonds is 4. The first-order chi connectivity index (χ1) is 4.86. The third kappa shape index (κ3) is 4.49. The molecule has 11 heavy (non-hydrogen) atoms. The number of ketones is 1. The minimum absolute atomic E-state index is 0.155. The molecule has 0 aromatic rings. The molecule has 0 heterocycles. The van der Waals surface area contributed by atoms with Gasteiger partial charge in [-0.2, -0.15) is 0 Å². The fraction of sp³-hybridized carbons (Fsp3) is 0.875. The van der Waals surface area contributed by atoms with Crippen LogP contribution in [-0.4, -0.2) is 29.6 Å². The number of Topliss-reactive ketones (excluding diaryl/α,β-unsaturated/α-hetero) is 1. The van der Waals surface area contributed by atoms with Gasteiger partial charge in [-0.05, 0) is 33.6 Å². The van der Waals surface area contributed by atoms with Crippen molar-refractivity contribution in [3.8, 4) is 0 Å². The highest BCUT2D eigenvalue weighted by molar-refractivity contribution is 7.57. The van der Waals surface area contributed by atoms with E-state index in [1.54, 1.807) is 6.92 Å². The zero-order valence-electron chi connectivity index (χ0n) is 7.72. The topological polar surface area (TPSA) is 37.3 Å². The van der Waals surface area contributed by atoms with Gasteiger partial charge in [0.25, 0.3) is 0 Å². The standard InChI is InChI=1S/C8H17O2P/c1-7(9)5-6-8(2,10)11(3)4/h10H,5-6H2,1-4H3. The van der Waals surface area contributed by atoms with Crippen LogP contribution >= 0.6 is 7.92 Å². The predicted octanol–water partition coefficient (Wildman–Crippen LogP) is 1.81. The Balaban J connectivity index is 3.82. The Morgan fingerprint density at radius 2 is 2.00 bits per heavy atom. The van der Waals surface area contributed by atoms with Crippen molar-refractivity contribution in [1.29, 1.82) is 0 Å². The highest BCUT2D eigenvalue weighted by atomic mass is 31.1. The van der Waals surface area contributed by atoms with Gasteiger partial charge in [-0.25, -0.2) is 0 Å². The molecule has 0 bridgehead atoms. The van der Waals surface area contributed by atoms with Crippen LogP contribution in [0.25, 0.3) is 0 Å². The zero-order chi connectivity index (χ0) is 9.07. The Labute approximate surface area is 69.7 Å². The minimum atomic E-state index is -0.624. The van der Waals surface area contributed by atoms with Crippen molar-refractivity contribution in [2.24, 2.45) is 0 Å². The van der Waals surface area contributed by atoms with E-state index in [9.17, 15) is 9.90 Å². The Bertz CT molecular complexity index is 141. The van der Waals surface area contributed by atoms with Gasteiger partial charge in [0.15, 0.2) is 0 Å². The molecule has 0 fully saturated rings. The second-order valence-corrected chi connectivity index (χ2v) is 6.07. The molecule has 0 spiro atoms. The number of hydrogen-bond donors (Lipinski definition) is 1. The fourth-order valence-electron chi connectivity index (χ4n) is 0.636. The maximum atomic E-state index is 10.6. The van der Waals surface area contributed by atoms with Crippen LogP contribution < -0.4 is 0 Å². The van der Waals surface area contributed by atoms with Gasteiger partial charge in [0.1, 0.15) is 5.78 Å². The molecule has 2 nitrogen and oxygen atoms in total. The van der Waals surface area contributed by atoms with Crippen LogP contribution in [0, 0.1) is 0 Å². The van der Waals surface area contributed by atoms with Gasteiger partial charge in [-0.15, -0.1) is 0 Å². The van der Waals surface area contributed by atoms with Gasteiger partial charge in [-0.3, -0.25) is 0 Å². The summed E-state index contributed by atoms with van der Waals surface area (Å²) in [6, 6.07) is 0. The maximum Gasteiger partial charge on any atom is 0.129 e. The minimum Gasteiger partial charge on any atom is -0.386 e. The lowest BCUT2D eigenvalue weighted by Crippen LogP contribution is -2.21. The van der Waals surface area contributed by atoms with Crippen LogP contribution in [0.3, 0.4) is 0 Å². The van der Waals surface area contributed by atoms with Crippen LogP contribution in [-0.2, 0) is 4.79 Å². The Morgan fingerprint density at radius 1 is 1.55 bits per heavy atom. The summed E-state index contributed by atoms with van der Waals surface area (Å²) < 4.78 is 0. The van der Waals surface area contributed by atoms with Crippen LogP contribution in [0.4, 0.5) is 0 Å². The van der Waals surface area contributed by atoms with Crippen LogP contribution in [0.5, 0.6) is 0 Å². The summed E-state index contributed by atoms with van der Waals surface area (Å²) in [7, 11) is -0.371. The third-order valence-electron chi connectivity index (χ3n) is 1.91. The van der Waals surface area contributed by atoms with Crippen LogP contribution in [0.2, 0.25) is 0 Å². The van der Waals surface area contributed by atoms with E-state index in [1.807, 2.05) is 20.3 Å². The molecule has 0 aliphatic carbocycles. The lowest BCUT2D eigenvalue weighted by atomic mass is 10.2. The quantitative estimate of drug-likeness (QED) is 0.663. The molecule has 1 atom stereocenters. The van der Waals surface area contributed by atoms with Crippen molar-refractivity contribution in [3.63, 3.8) is 0 Å². The molecule has 0 aliphatic rings. The van der Waals surface area contributed by atoms with E-state index in [-0.39, 0.29) is 13.7 Å². The second-order valence-electron chi connectivity index (χ2n) is 3.31. The fourth-order valence-corrected chi connectivity index (χ4v) is 1.20. The van der Waals surface area contributed by atoms with Crippen LogP contribution in [0.1, 0.15) is 26.7 Å². The molecule has 0 aliphatic heterocycles. The van der Waals surface area contributed by atoms with Gasteiger partial charge in [-0.1, -0.05) is 7.92 Å². The summed E-state index contributed by atoms with van der Waals surface area (Å²) in [5.74, 6) is 0.155. The maximum absolute atomic E-state index is 10.6. The summed E-state index contributed by atoms with van der Waals surface area (Å²) in [6.07, 6.45) is 1.09. The highest BCUT2D eigenvalue weighted by Gasteiger charge is 2.24. The molecule has 1 N–H and O–H groups in total. The molecule has 0 saturated carbocycles. The lowest BCUT2D eigenvalue weighted by molar-refractivity contribution is -0.117. The van der Waals surface area contributed by atoms with Gasteiger partial charge in [0.05, 0.1) is 5.34 Å². The Morgan fingerprint density at radius 3 is 2.27 bits per heavy atom. The zero-order valence-corrected chi connectivity index (χ0v) is 8.61. The normalized spacial score (nSPS) is 16.5. The van der Waals surface area contributed by atoms with E-state index < -0.39 is 5.34 Å². The summed E-state index contributed by atoms with van der Waals surface area (Å²) in [5, 5.41) is 9.09. The van der Waals surface area contributed by atoms with Crippen molar-refractivity contribution in [2.75, 3.05) is 13.3 Å². The van der Waals surface area contributed by atoms with Gasteiger partial charge in [0, 0.05) is 6.42 Å². The summed E-state index contributed by atoms with van der Waals surface area (Å²) >= 11 is 0. The van der Waals surface area contributed by atoms with Crippen LogP contribution in [0.15, 0.2) is 0 Å². The Kier molecular flexibility index (Phi) is 4.20. The van der Waals surface area contributed by atoms with Crippen molar-refractivity contribution in [2.45, 2.75) is 32.0 Å². The first-order valence-electron chi connectivity index (χ1n) is 3.75. The molecule has 0 saturated heterocycles. The van der Waals surface area contributed by atoms with E-state index >= 15 is 0 Å². The Hall–Kier alpha value is 0.0600. The number of carbonyl (C=O) groups is 1. The van der Waals surface area contributed by atoms with Crippen molar-refractivity contribution >= 4 is 13.7 Å². The third-order valence-corrected chi connectivity index (χ3v) is 4.06. The predicted molar refractivity (Wildman–Crippen MR) is 49.3 cm³/mol. The average Bonchev–Trinajstić information content (AvgIpc) is 1.84. The van der Waals surface area contributed by atoms with E-state index in [0.29, 0.717) is 12.8 Å². The number of hydrogen-bond acceptors (Lipinski definition) is 2. The van der Waals surface area contributed by atoms with E-state index in [1.165, 1.54) is 0 Å². The summed E-state index contributed by atoms with van der Waals surface area (Å²) in [4.78, 5) is 10.6. The monoisotopic (exact) mass is 176 g/mol. The number of carbonyl (C=O) groups excluding carboxylic acids is 1. The first kappa shape index (κ1) is 11.1. The van der Waals surface area contributed by atoms with Gasteiger partial charge in [0.2, 0.25) is 0 Å². The van der Waals surface area contributed by atoms with E-state index in [4.69, 9.17) is 0 Å². The van der Waals surface area contributed by atoms with Crippen molar-refractivity contribution in [1.82, 2.24) is 0 Å². The molecule has 0 amide bonds. The van der Waals surface area contributed by atoms with Crippen molar-refractivity contribution < 1.29 is 9.90 Å².